The highest BCUT2D eigenvalue weighted by atomic mass is 32.2. The van der Waals surface area contributed by atoms with Gasteiger partial charge in [-0.15, -0.1) is 11.3 Å². The average molecular weight is 264 g/mol. The first-order chi connectivity index (χ1) is 8.40. The summed E-state index contributed by atoms with van der Waals surface area (Å²) < 4.78 is 0. The Morgan fingerprint density at radius 2 is 2.29 bits per heavy atom. The predicted octanol–water partition coefficient (Wildman–Crippen LogP) is 4.24. The molecule has 0 aliphatic heterocycles. The SMILES string of the molecule is CCCCSCc1csc(-c2ccccn2)n1. The zero-order valence-electron chi connectivity index (χ0n) is 9.93. The molecule has 2 heterocycles. The van der Waals surface area contributed by atoms with Crippen LogP contribution in [0.25, 0.3) is 10.7 Å². The molecule has 0 spiro atoms. The second kappa shape index (κ2) is 6.77. The molecule has 0 fully saturated rings. The van der Waals surface area contributed by atoms with E-state index in [1.807, 2.05) is 36.2 Å². The van der Waals surface area contributed by atoms with Gasteiger partial charge in [0.15, 0.2) is 0 Å². The first-order valence-corrected chi connectivity index (χ1v) is 7.87. The molecule has 0 saturated heterocycles. The normalized spacial score (nSPS) is 10.6. The van der Waals surface area contributed by atoms with Crippen molar-refractivity contribution < 1.29 is 0 Å². The van der Waals surface area contributed by atoms with Crippen molar-refractivity contribution in [3.63, 3.8) is 0 Å². The third kappa shape index (κ3) is 3.82. The minimum absolute atomic E-state index is 0.974. The van der Waals surface area contributed by atoms with Crippen molar-refractivity contribution in [2.75, 3.05) is 5.75 Å². The molecule has 17 heavy (non-hydrogen) atoms. The van der Waals surface area contributed by atoms with Crippen LogP contribution in [0.5, 0.6) is 0 Å². The summed E-state index contributed by atoms with van der Waals surface area (Å²) >= 11 is 3.64. The van der Waals surface area contributed by atoms with Crippen LogP contribution < -0.4 is 0 Å². The van der Waals surface area contributed by atoms with E-state index in [1.54, 1.807) is 11.3 Å². The molecule has 2 nitrogen and oxygen atoms in total. The van der Waals surface area contributed by atoms with Crippen molar-refractivity contribution in [3.05, 3.63) is 35.5 Å². The smallest absolute Gasteiger partial charge is 0.142 e. The molecule has 0 atom stereocenters. The molecule has 0 radical (unpaired) electrons. The summed E-state index contributed by atoms with van der Waals surface area (Å²) in [6, 6.07) is 5.94. The van der Waals surface area contributed by atoms with Crippen molar-refractivity contribution in [2.45, 2.75) is 25.5 Å². The molecular weight excluding hydrogens is 248 g/mol. The van der Waals surface area contributed by atoms with E-state index in [0.717, 1.165) is 16.5 Å². The molecule has 0 unspecified atom stereocenters. The molecule has 4 heteroatoms. The van der Waals surface area contributed by atoms with Gasteiger partial charge in [-0.3, -0.25) is 4.98 Å². The summed E-state index contributed by atoms with van der Waals surface area (Å²) in [5.41, 5.74) is 2.15. The number of hydrogen-bond donors (Lipinski definition) is 0. The summed E-state index contributed by atoms with van der Waals surface area (Å²) in [6.45, 7) is 2.22. The lowest BCUT2D eigenvalue weighted by Gasteiger charge is -1.96. The average Bonchev–Trinajstić information content (AvgIpc) is 2.85. The van der Waals surface area contributed by atoms with Crippen LogP contribution in [0.2, 0.25) is 0 Å². The first-order valence-electron chi connectivity index (χ1n) is 5.83. The summed E-state index contributed by atoms with van der Waals surface area (Å²) in [5, 5.41) is 3.17. The molecule has 0 aliphatic rings. The fourth-order valence-electron chi connectivity index (χ4n) is 1.40. The van der Waals surface area contributed by atoms with Crippen molar-refractivity contribution >= 4 is 23.1 Å². The van der Waals surface area contributed by atoms with Crippen LogP contribution in [0.3, 0.4) is 0 Å². The van der Waals surface area contributed by atoms with E-state index in [9.17, 15) is 0 Å². The lowest BCUT2D eigenvalue weighted by molar-refractivity contribution is 0.896. The van der Waals surface area contributed by atoms with Gasteiger partial charge >= 0.3 is 0 Å². The van der Waals surface area contributed by atoms with Gasteiger partial charge in [-0.1, -0.05) is 19.4 Å². The van der Waals surface area contributed by atoms with Crippen LogP contribution in [0.1, 0.15) is 25.5 Å². The van der Waals surface area contributed by atoms with Gasteiger partial charge in [0.1, 0.15) is 5.01 Å². The minimum atomic E-state index is 0.974. The molecule has 2 aromatic heterocycles. The van der Waals surface area contributed by atoms with Crippen LogP contribution in [0.4, 0.5) is 0 Å². The second-order valence-corrected chi connectivity index (χ2v) is 5.73. The number of rotatable bonds is 6. The van der Waals surface area contributed by atoms with Crippen LogP contribution in [-0.4, -0.2) is 15.7 Å². The summed E-state index contributed by atoms with van der Waals surface area (Å²) in [4.78, 5) is 8.93. The molecule has 0 aliphatic carbocycles. The fourth-order valence-corrected chi connectivity index (χ4v) is 3.30. The highest BCUT2D eigenvalue weighted by molar-refractivity contribution is 7.98. The van der Waals surface area contributed by atoms with E-state index in [2.05, 4.69) is 22.3 Å². The Morgan fingerprint density at radius 1 is 1.35 bits per heavy atom. The van der Waals surface area contributed by atoms with Crippen molar-refractivity contribution in [1.29, 1.82) is 0 Å². The number of hydrogen-bond acceptors (Lipinski definition) is 4. The molecule has 90 valence electrons. The summed E-state index contributed by atoms with van der Waals surface area (Å²) in [7, 11) is 0. The predicted molar refractivity (Wildman–Crippen MR) is 76.4 cm³/mol. The Balaban J connectivity index is 1.92. The highest BCUT2D eigenvalue weighted by Crippen LogP contribution is 2.23. The van der Waals surface area contributed by atoms with E-state index in [0.29, 0.717) is 0 Å². The van der Waals surface area contributed by atoms with E-state index >= 15 is 0 Å². The maximum Gasteiger partial charge on any atom is 0.142 e. The number of pyridine rings is 1. The maximum absolute atomic E-state index is 4.61. The molecule has 2 rings (SSSR count). The Bertz CT molecular complexity index is 440. The lowest BCUT2D eigenvalue weighted by Crippen LogP contribution is -1.85. The van der Waals surface area contributed by atoms with E-state index in [-0.39, 0.29) is 0 Å². The fraction of sp³-hybridized carbons (Fsp3) is 0.385. The van der Waals surface area contributed by atoms with Gasteiger partial charge < -0.3 is 0 Å². The Kier molecular flexibility index (Phi) is 5.01. The van der Waals surface area contributed by atoms with Crippen molar-refractivity contribution in [2.24, 2.45) is 0 Å². The topological polar surface area (TPSA) is 25.8 Å². The molecule has 0 bridgehead atoms. The van der Waals surface area contributed by atoms with E-state index in [4.69, 9.17) is 0 Å². The van der Waals surface area contributed by atoms with Gasteiger partial charge in [0.2, 0.25) is 0 Å². The molecular formula is C13H16N2S2. The van der Waals surface area contributed by atoms with Crippen molar-refractivity contribution in [1.82, 2.24) is 9.97 Å². The number of thiazole rings is 1. The summed E-state index contributed by atoms with van der Waals surface area (Å²) in [5.74, 6) is 2.25. The Hall–Kier alpha value is -0.870. The Morgan fingerprint density at radius 3 is 3.06 bits per heavy atom. The zero-order chi connectivity index (χ0) is 11.9. The molecule has 2 aromatic rings. The van der Waals surface area contributed by atoms with Crippen LogP contribution in [-0.2, 0) is 5.75 Å². The van der Waals surface area contributed by atoms with Gasteiger partial charge in [-0.05, 0) is 24.3 Å². The van der Waals surface area contributed by atoms with Gasteiger partial charge in [0, 0.05) is 17.3 Å². The van der Waals surface area contributed by atoms with Crippen LogP contribution in [0, 0.1) is 0 Å². The van der Waals surface area contributed by atoms with Crippen LogP contribution in [0.15, 0.2) is 29.8 Å². The van der Waals surface area contributed by atoms with Crippen molar-refractivity contribution in [3.8, 4) is 10.7 Å². The third-order valence-electron chi connectivity index (χ3n) is 2.33. The Labute approximate surface area is 111 Å². The quantitative estimate of drug-likeness (QED) is 0.730. The maximum atomic E-state index is 4.61. The lowest BCUT2D eigenvalue weighted by atomic mass is 10.4. The number of unbranched alkanes of at least 4 members (excludes halogenated alkanes) is 1. The van der Waals surface area contributed by atoms with E-state index in [1.165, 1.54) is 24.3 Å². The molecule has 0 N–H and O–H groups in total. The number of nitrogens with zero attached hydrogens (tertiary/aromatic N) is 2. The van der Waals surface area contributed by atoms with Gasteiger partial charge in [-0.25, -0.2) is 4.98 Å². The zero-order valence-corrected chi connectivity index (χ0v) is 11.6. The largest absolute Gasteiger partial charge is 0.254 e. The monoisotopic (exact) mass is 264 g/mol. The van der Waals surface area contributed by atoms with Gasteiger partial charge in [0.25, 0.3) is 0 Å². The third-order valence-corrected chi connectivity index (χ3v) is 4.32. The van der Waals surface area contributed by atoms with E-state index < -0.39 is 0 Å². The minimum Gasteiger partial charge on any atom is -0.254 e. The summed E-state index contributed by atoms with van der Waals surface area (Å²) in [6.07, 6.45) is 4.37. The standard InChI is InChI=1S/C13H16N2S2/c1-2-3-8-16-9-11-10-17-13(15-11)12-6-4-5-7-14-12/h4-7,10H,2-3,8-9H2,1H3. The second-order valence-electron chi connectivity index (χ2n) is 3.77. The van der Waals surface area contributed by atoms with Gasteiger partial charge in [0.05, 0.1) is 11.4 Å². The first kappa shape index (κ1) is 12.6. The van der Waals surface area contributed by atoms with Crippen LogP contribution >= 0.6 is 23.1 Å². The highest BCUT2D eigenvalue weighted by Gasteiger charge is 2.05. The van der Waals surface area contributed by atoms with Gasteiger partial charge in [-0.2, -0.15) is 11.8 Å². The molecule has 0 amide bonds. The number of thioether (sulfide) groups is 1. The molecule has 0 saturated carbocycles. The molecule has 0 aromatic carbocycles. The number of aromatic nitrogens is 2.